The van der Waals surface area contributed by atoms with Crippen molar-refractivity contribution in [2.24, 2.45) is 5.92 Å². The van der Waals surface area contributed by atoms with Crippen molar-refractivity contribution < 1.29 is 0 Å². The van der Waals surface area contributed by atoms with Crippen LogP contribution in [-0.4, -0.2) is 31.6 Å². The van der Waals surface area contributed by atoms with Crippen LogP contribution >= 0.6 is 31.9 Å². The quantitative estimate of drug-likeness (QED) is 0.811. The van der Waals surface area contributed by atoms with E-state index >= 15 is 0 Å². The van der Waals surface area contributed by atoms with Crippen LogP contribution in [-0.2, 0) is 0 Å². The van der Waals surface area contributed by atoms with E-state index in [1.807, 2.05) is 0 Å². The smallest absolute Gasteiger partial charge is 0.0389 e. The maximum atomic E-state index is 3.63. The molecule has 1 aliphatic rings. The molecule has 0 aliphatic carbocycles. The van der Waals surface area contributed by atoms with Gasteiger partial charge in [-0.05, 0) is 95.0 Å². The zero-order valence-corrected chi connectivity index (χ0v) is 14.8. The number of nitrogens with one attached hydrogen (secondary N) is 1. The van der Waals surface area contributed by atoms with Crippen LogP contribution in [0.1, 0.15) is 31.4 Å². The van der Waals surface area contributed by atoms with Crippen molar-refractivity contribution in [1.82, 2.24) is 10.2 Å². The molecular weight excluding hydrogens is 368 g/mol. The van der Waals surface area contributed by atoms with Gasteiger partial charge in [-0.25, -0.2) is 0 Å². The monoisotopic (exact) mass is 388 g/mol. The second kappa shape index (κ2) is 7.21. The van der Waals surface area contributed by atoms with Gasteiger partial charge in [-0.1, -0.05) is 13.0 Å². The molecule has 2 unspecified atom stereocenters. The molecule has 19 heavy (non-hydrogen) atoms. The molecule has 0 amide bonds. The number of nitrogens with zero attached hydrogens (tertiary/aromatic N) is 1. The lowest BCUT2D eigenvalue weighted by Crippen LogP contribution is -2.29. The first kappa shape index (κ1) is 15.5. The van der Waals surface area contributed by atoms with E-state index in [0.717, 1.165) is 15.5 Å². The number of halogens is 2. The van der Waals surface area contributed by atoms with E-state index < -0.39 is 0 Å². The molecule has 1 aromatic carbocycles. The van der Waals surface area contributed by atoms with E-state index in [1.165, 1.54) is 31.5 Å². The van der Waals surface area contributed by atoms with Crippen molar-refractivity contribution in [1.29, 1.82) is 0 Å². The first-order chi connectivity index (χ1) is 9.17. The summed E-state index contributed by atoms with van der Waals surface area (Å²) in [5.41, 5.74) is 1.43. The normalized spacial score (nSPS) is 24.0. The van der Waals surface area contributed by atoms with Gasteiger partial charge < -0.3 is 5.32 Å². The van der Waals surface area contributed by atoms with Crippen molar-refractivity contribution in [3.63, 3.8) is 0 Å². The molecule has 1 aliphatic heterocycles. The maximum Gasteiger partial charge on any atom is 0.0389 e. The van der Waals surface area contributed by atoms with Gasteiger partial charge in [0, 0.05) is 15.0 Å². The summed E-state index contributed by atoms with van der Waals surface area (Å²) in [6.07, 6.45) is 2.51. The molecule has 0 saturated carbocycles. The first-order valence-electron chi connectivity index (χ1n) is 7.01. The molecule has 1 saturated heterocycles. The fraction of sp³-hybridized carbons (Fsp3) is 0.600. The summed E-state index contributed by atoms with van der Waals surface area (Å²) < 4.78 is 2.28. The van der Waals surface area contributed by atoms with Gasteiger partial charge in [0.1, 0.15) is 0 Å². The van der Waals surface area contributed by atoms with E-state index in [1.54, 1.807) is 0 Å². The van der Waals surface area contributed by atoms with Gasteiger partial charge in [-0.2, -0.15) is 0 Å². The van der Waals surface area contributed by atoms with Crippen LogP contribution in [0, 0.1) is 5.92 Å². The van der Waals surface area contributed by atoms with Crippen molar-refractivity contribution in [2.45, 2.75) is 25.8 Å². The van der Waals surface area contributed by atoms with Gasteiger partial charge in [0.25, 0.3) is 0 Å². The summed E-state index contributed by atoms with van der Waals surface area (Å²) in [7, 11) is 2.05. The topological polar surface area (TPSA) is 15.3 Å². The average molecular weight is 390 g/mol. The molecule has 1 N–H and O–H groups in total. The first-order valence-corrected chi connectivity index (χ1v) is 8.59. The summed E-state index contributed by atoms with van der Waals surface area (Å²) in [6, 6.07) is 7.23. The lowest BCUT2D eigenvalue weighted by molar-refractivity contribution is 0.227. The van der Waals surface area contributed by atoms with Crippen LogP contribution in [0.15, 0.2) is 27.1 Å². The van der Waals surface area contributed by atoms with Gasteiger partial charge in [0.05, 0.1) is 0 Å². The summed E-state index contributed by atoms with van der Waals surface area (Å²) in [4.78, 5) is 2.64. The Morgan fingerprint density at radius 3 is 2.74 bits per heavy atom. The summed E-state index contributed by atoms with van der Waals surface area (Å²) in [5, 5.41) is 3.35. The highest BCUT2D eigenvalue weighted by Gasteiger charge is 2.34. The molecule has 0 aromatic heterocycles. The minimum Gasteiger partial charge on any atom is -0.319 e. The van der Waals surface area contributed by atoms with Crippen molar-refractivity contribution >= 4 is 31.9 Å². The van der Waals surface area contributed by atoms with Gasteiger partial charge in [-0.3, -0.25) is 4.90 Å². The molecule has 106 valence electrons. The Morgan fingerprint density at radius 1 is 1.32 bits per heavy atom. The van der Waals surface area contributed by atoms with Gasteiger partial charge in [0.2, 0.25) is 0 Å². The number of benzene rings is 1. The van der Waals surface area contributed by atoms with Crippen LogP contribution < -0.4 is 5.32 Å². The SMILES string of the molecule is CCCN1CCC(CNC)C1c1ccc(Br)c(Br)c1. The van der Waals surface area contributed by atoms with E-state index in [9.17, 15) is 0 Å². The Labute approximate surface area is 133 Å². The molecule has 0 bridgehead atoms. The Bertz CT molecular complexity index is 409. The Kier molecular flexibility index (Phi) is 5.87. The Balaban J connectivity index is 2.26. The van der Waals surface area contributed by atoms with Gasteiger partial charge >= 0.3 is 0 Å². The van der Waals surface area contributed by atoms with Crippen molar-refractivity contribution in [3.8, 4) is 0 Å². The zero-order valence-electron chi connectivity index (χ0n) is 11.6. The van der Waals surface area contributed by atoms with Gasteiger partial charge in [0.15, 0.2) is 0 Å². The third-order valence-electron chi connectivity index (χ3n) is 3.89. The summed E-state index contributed by atoms with van der Waals surface area (Å²) in [5.74, 6) is 0.713. The fourth-order valence-corrected chi connectivity index (χ4v) is 3.76. The van der Waals surface area contributed by atoms with Crippen molar-refractivity contribution in [3.05, 3.63) is 32.7 Å². The highest BCUT2D eigenvalue weighted by molar-refractivity contribution is 9.13. The van der Waals surface area contributed by atoms with Crippen LogP contribution in [0.5, 0.6) is 0 Å². The molecule has 2 nitrogen and oxygen atoms in total. The summed E-state index contributed by atoms with van der Waals surface area (Å²) in [6.45, 7) is 5.77. The van der Waals surface area contributed by atoms with E-state index in [2.05, 4.69) is 74.2 Å². The van der Waals surface area contributed by atoms with Crippen LogP contribution in [0.25, 0.3) is 0 Å². The second-order valence-electron chi connectivity index (χ2n) is 5.26. The molecule has 0 radical (unpaired) electrons. The van der Waals surface area contributed by atoms with Crippen LogP contribution in [0.3, 0.4) is 0 Å². The van der Waals surface area contributed by atoms with Gasteiger partial charge in [-0.15, -0.1) is 0 Å². The Hall–Kier alpha value is 0.1000. The molecular formula is C15H22Br2N2. The maximum absolute atomic E-state index is 3.63. The number of likely N-dealkylation sites (tertiary alicyclic amines) is 1. The molecule has 0 spiro atoms. The molecule has 1 fully saturated rings. The third-order valence-corrected chi connectivity index (χ3v) is 5.77. The van der Waals surface area contributed by atoms with E-state index in [-0.39, 0.29) is 0 Å². The molecule has 1 heterocycles. The predicted octanol–water partition coefficient (Wildman–Crippen LogP) is 4.20. The lowest BCUT2D eigenvalue weighted by atomic mass is 9.93. The standard InChI is InChI=1S/C15H22Br2N2/c1-3-7-19-8-6-12(10-18-2)15(19)11-4-5-13(16)14(17)9-11/h4-5,9,12,15,18H,3,6-8,10H2,1-2H3. The molecule has 1 aromatic rings. The number of rotatable bonds is 5. The second-order valence-corrected chi connectivity index (χ2v) is 6.97. The zero-order chi connectivity index (χ0) is 13.8. The lowest BCUT2D eigenvalue weighted by Gasteiger charge is -2.28. The number of hydrogen-bond acceptors (Lipinski definition) is 2. The minimum absolute atomic E-state index is 0.553. The summed E-state index contributed by atoms with van der Waals surface area (Å²) >= 11 is 7.19. The minimum atomic E-state index is 0.553. The number of hydrogen-bond donors (Lipinski definition) is 1. The molecule has 2 rings (SSSR count). The van der Waals surface area contributed by atoms with E-state index in [0.29, 0.717) is 12.0 Å². The highest BCUT2D eigenvalue weighted by Crippen LogP contribution is 2.38. The van der Waals surface area contributed by atoms with Crippen LogP contribution in [0.2, 0.25) is 0 Å². The van der Waals surface area contributed by atoms with E-state index in [4.69, 9.17) is 0 Å². The largest absolute Gasteiger partial charge is 0.319 e. The Morgan fingerprint density at radius 2 is 2.11 bits per heavy atom. The highest BCUT2D eigenvalue weighted by atomic mass is 79.9. The van der Waals surface area contributed by atoms with Crippen molar-refractivity contribution in [2.75, 3.05) is 26.7 Å². The van der Waals surface area contributed by atoms with Crippen LogP contribution in [0.4, 0.5) is 0 Å². The average Bonchev–Trinajstić information content (AvgIpc) is 2.77. The molecule has 2 atom stereocenters. The predicted molar refractivity (Wildman–Crippen MR) is 88.5 cm³/mol. The fourth-order valence-electron chi connectivity index (χ4n) is 3.12. The molecule has 4 heteroatoms. The third kappa shape index (κ3) is 3.60.